The molecule has 6 heteroatoms. The molecule has 0 bridgehead atoms. The molecule has 0 aliphatic heterocycles. The van der Waals surface area contributed by atoms with E-state index in [-0.39, 0.29) is 5.56 Å². The molecule has 2 heterocycles. The number of nitrogens with zero attached hydrogens (tertiary/aromatic N) is 3. The van der Waals surface area contributed by atoms with Gasteiger partial charge in [0.15, 0.2) is 10.6 Å². The number of nitrogens with one attached hydrogen (secondary N) is 1. The summed E-state index contributed by atoms with van der Waals surface area (Å²) in [5.74, 6) is 0.635. The minimum atomic E-state index is -0.0146. The Morgan fingerprint density at radius 3 is 2.70 bits per heavy atom. The fraction of sp³-hybridized carbons (Fsp3) is 0.500. The molecular formula is C14H20N4OS. The number of hydrogen-bond donors (Lipinski definition) is 1. The Bertz CT molecular complexity index is 711. The van der Waals surface area contributed by atoms with E-state index >= 15 is 0 Å². The average molecular weight is 292 g/mol. The number of H-pyrrole nitrogens is 1. The maximum absolute atomic E-state index is 12.5. The molecule has 0 saturated carbocycles. The van der Waals surface area contributed by atoms with Crippen molar-refractivity contribution in [2.45, 2.75) is 46.7 Å². The van der Waals surface area contributed by atoms with Gasteiger partial charge < -0.3 is 9.13 Å². The summed E-state index contributed by atoms with van der Waals surface area (Å²) >= 11 is 5.25. The fourth-order valence-corrected chi connectivity index (χ4v) is 2.50. The second kappa shape index (κ2) is 6.17. The quantitative estimate of drug-likeness (QED) is 0.862. The molecule has 0 atom stereocenters. The molecule has 2 aromatic heterocycles. The Hall–Kier alpha value is -1.69. The van der Waals surface area contributed by atoms with Crippen LogP contribution in [0.5, 0.6) is 0 Å². The summed E-state index contributed by atoms with van der Waals surface area (Å²) < 4.78 is 4.22. The predicted molar refractivity (Wildman–Crippen MR) is 82.4 cm³/mol. The summed E-state index contributed by atoms with van der Waals surface area (Å²) in [5.41, 5.74) is 1.54. The van der Waals surface area contributed by atoms with Gasteiger partial charge in [-0.25, -0.2) is 0 Å². The zero-order chi connectivity index (χ0) is 14.7. The molecule has 2 aromatic rings. The van der Waals surface area contributed by atoms with E-state index in [0.29, 0.717) is 22.7 Å². The molecule has 2 rings (SSSR count). The standard InChI is InChI=1S/C14H20N4OS/c1-4-6-9-18-12(15-16-14(18)20)11-8-7-10(3)17(5-2)13(11)19/h7-8H,4-6,9H2,1-3H3,(H,16,20). The predicted octanol–water partition coefficient (Wildman–Crippen LogP) is 2.90. The van der Waals surface area contributed by atoms with Crippen molar-refractivity contribution in [3.8, 4) is 11.4 Å². The maximum Gasteiger partial charge on any atom is 0.261 e. The van der Waals surface area contributed by atoms with Crippen LogP contribution in [0.25, 0.3) is 11.4 Å². The van der Waals surface area contributed by atoms with Crippen LogP contribution in [0.4, 0.5) is 0 Å². The molecule has 1 N–H and O–H groups in total. The van der Waals surface area contributed by atoms with Gasteiger partial charge in [-0.3, -0.25) is 9.89 Å². The summed E-state index contributed by atoms with van der Waals surface area (Å²) in [6.07, 6.45) is 2.08. The number of aromatic nitrogens is 4. The van der Waals surface area contributed by atoms with Crippen molar-refractivity contribution in [1.82, 2.24) is 19.3 Å². The highest BCUT2D eigenvalue weighted by Gasteiger charge is 2.14. The van der Waals surface area contributed by atoms with Crippen molar-refractivity contribution < 1.29 is 0 Å². The second-order valence-corrected chi connectivity index (χ2v) is 5.18. The van der Waals surface area contributed by atoms with E-state index in [2.05, 4.69) is 17.1 Å². The van der Waals surface area contributed by atoms with Crippen molar-refractivity contribution in [1.29, 1.82) is 0 Å². The zero-order valence-corrected chi connectivity index (χ0v) is 13.0. The minimum absolute atomic E-state index is 0.0146. The van der Waals surface area contributed by atoms with Gasteiger partial charge in [-0.2, -0.15) is 5.10 Å². The molecule has 0 fully saturated rings. The Morgan fingerprint density at radius 2 is 2.05 bits per heavy atom. The molecule has 0 aliphatic rings. The van der Waals surface area contributed by atoms with Crippen LogP contribution in [-0.4, -0.2) is 19.3 Å². The van der Waals surface area contributed by atoms with Gasteiger partial charge in [-0.05, 0) is 44.6 Å². The van der Waals surface area contributed by atoms with Crippen molar-refractivity contribution in [3.05, 3.63) is 33.0 Å². The van der Waals surface area contributed by atoms with E-state index in [1.54, 1.807) is 4.57 Å². The number of pyridine rings is 1. The van der Waals surface area contributed by atoms with Crippen LogP contribution in [0.1, 0.15) is 32.4 Å². The van der Waals surface area contributed by atoms with Crippen LogP contribution < -0.4 is 5.56 Å². The lowest BCUT2D eigenvalue weighted by atomic mass is 10.2. The smallest absolute Gasteiger partial charge is 0.261 e. The summed E-state index contributed by atoms with van der Waals surface area (Å²) in [6, 6.07) is 3.78. The molecular weight excluding hydrogens is 272 g/mol. The van der Waals surface area contributed by atoms with E-state index in [1.807, 2.05) is 30.5 Å². The topological polar surface area (TPSA) is 55.6 Å². The van der Waals surface area contributed by atoms with E-state index in [4.69, 9.17) is 12.2 Å². The second-order valence-electron chi connectivity index (χ2n) is 4.80. The third kappa shape index (κ3) is 2.60. The van der Waals surface area contributed by atoms with Crippen molar-refractivity contribution in [3.63, 3.8) is 0 Å². The van der Waals surface area contributed by atoms with Gasteiger partial charge in [0.25, 0.3) is 5.56 Å². The Kier molecular flexibility index (Phi) is 4.54. The Morgan fingerprint density at radius 1 is 1.30 bits per heavy atom. The lowest BCUT2D eigenvalue weighted by Gasteiger charge is -2.10. The first-order chi connectivity index (χ1) is 9.60. The zero-order valence-electron chi connectivity index (χ0n) is 12.1. The Balaban J connectivity index is 2.58. The molecule has 5 nitrogen and oxygen atoms in total. The molecule has 0 unspecified atom stereocenters. The van der Waals surface area contributed by atoms with Crippen molar-refractivity contribution in [2.75, 3.05) is 0 Å². The molecule has 108 valence electrons. The third-order valence-electron chi connectivity index (χ3n) is 3.44. The number of unbranched alkanes of at least 4 members (excludes halogenated alkanes) is 1. The van der Waals surface area contributed by atoms with E-state index in [1.165, 1.54) is 0 Å². The number of hydrogen-bond acceptors (Lipinski definition) is 3. The number of aromatic amines is 1. The average Bonchev–Trinajstić information content (AvgIpc) is 2.78. The lowest BCUT2D eigenvalue weighted by Crippen LogP contribution is -2.23. The molecule has 0 saturated heterocycles. The fourth-order valence-electron chi connectivity index (χ4n) is 2.28. The van der Waals surface area contributed by atoms with Crippen molar-refractivity contribution >= 4 is 12.2 Å². The van der Waals surface area contributed by atoms with Crippen LogP contribution in [0.15, 0.2) is 16.9 Å². The van der Waals surface area contributed by atoms with Crippen molar-refractivity contribution in [2.24, 2.45) is 0 Å². The van der Waals surface area contributed by atoms with Gasteiger partial charge in [0.1, 0.15) is 0 Å². The van der Waals surface area contributed by atoms with E-state index in [9.17, 15) is 4.79 Å². The van der Waals surface area contributed by atoms with E-state index < -0.39 is 0 Å². The number of aryl methyl sites for hydroxylation is 1. The summed E-state index contributed by atoms with van der Waals surface area (Å²) in [5, 5.41) is 7.03. The minimum Gasteiger partial charge on any atom is -0.313 e. The monoisotopic (exact) mass is 292 g/mol. The highest BCUT2D eigenvalue weighted by molar-refractivity contribution is 7.71. The van der Waals surface area contributed by atoms with E-state index in [0.717, 1.165) is 25.1 Å². The van der Waals surface area contributed by atoms with Gasteiger partial charge in [0.2, 0.25) is 0 Å². The van der Waals surface area contributed by atoms with Gasteiger partial charge >= 0.3 is 0 Å². The maximum atomic E-state index is 12.5. The Labute approximate surface area is 123 Å². The largest absolute Gasteiger partial charge is 0.313 e. The highest BCUT2D eigenvalue weighted by Crippen LogP contribution is 2.15. The molecule has 0 amide bonds. The van der Waals surface area contributed by atoms with Gasteiger partial charge in [0, 0.05) is 18.8 Å². The SMILES string of the molecule is CCCCn1c(-c2ccc(C)n(CC)c2=O)n[nH]c1=S. The van der Waals surface area contributed by atoms with Gasteiger partial charge in [-0.1, -0.05) is 13.3 Å². The molecule has 20 heavy (non-hydrogen) atoms. The van der Waals surface area contributed by atoms with Gasteiger partial charge in [0.05, 0.1) is 5.56 Å². The molecule has 0 aliphatic carbocycles. The first-order valence-corrected chi connectivity index (χ1v) is 7.37. The van der Waals surface area contributed by atoms with Crippen LogP contribution in [0, 0.1) is 11.7 Å². The lowest BCUT2D eigenvalue weighted by molar-refractivity contribution is 0.627. The normalized spacial score (nSPS) is 10.9. The number of rotatable bonds is 5. The van der Waals surface area contributed by atoms with Crippen LogP contribution in [0.3, 0.4) is 0 Å². The summed E-state index contributed by atoms with van der Waals surface area (Å²) in [6.45, 7) is 7.45. The first-order valence-electron chi connectivity index (χ1n) is 6.96. The van der Waals surface area contributed by atoms with Crippen LogP contribution >= 0.6 is 12.2 Å². The first kappa shape index (κ1) is 14.7. The summed E-state index contributed by atoms with van der Waals surface area (Å²) in [7, 11) is 0. The van der Waals surface area contributed by atoms with Crippen LogP contribution in [-0.2, 0) is 13.1 Å². The van der Waals surface area contributed by atoms with Crippen LogP contribution in [0.2, 0.25) is 0 Å². The summed E-state index contributed by atoms with van der Waals surface area (Å²) in [4.78, 5) is 12.5. The third-order valence-corrected chi connectivity index (χ3v) is 3.75. The molecule has 0 spiro atoms. The molecule has 0 aromatic carbocycles. The molecule has 0 radical (unpaired) electrons. The highest BCUT2D eigenvalue weighted by atomic mass is 32.1. The van der Waals surface area contributed by atoms with Gasteiger partial charge in [-0.15, -0.1) is 0 Å².